The number of nitrogens with zero attached hydrogens (tertiary/aromatic N) is 1. The standard InChI is InChI=1S/C25H33N3O5S/c1-4-18(2)26-24(29)20-11-7-8-12-22(20)27-34(31,32)19-13-14-23(33-3)21(17-19)25(30)28-15-9-5-6-10-16-28/h7-8,11-14,17-18,27H,4-6,9-10,15-16H2,1-3H3,(H,26,29)/t18-/m1/s1. The van der Waals surface area contributed by atoms with Crippen LogP contribution in [0.15, 0.2) is 47.4 Å². The molecule has 0 unspecified atom stereocenters. The first-order chi connectivity index (χ1) is 16.3. The summed E-state index contributed by atoms with van der Waals surface area (Å²) >= 11 is 0. The molecule has 0 spiro atoms. The second-order valence-electron chi connectivity index (χ2n) is 8.50. The molecule has 34 heavy (non-hydrogen) atoms. The molecule has 1 fully saturated rings. The molecular weight excluding hydrogens is 454 g/mol. The number of carbonyl (C=O) groups excluding carboxylic acids is 2. The topological polar surface area (TPSA) is 105 Å². The third kappa shape index (κ3) is 6.08. The van der Waals surface area contributed by atoms with Crippen LogP contribution in [-0.4, -0.2) is 51.4 Å². The second kappa shape index (κ2) is 11.4. The van der Waals surface area contributed by atoms with Crippen molar-refractivity contribution in [2.45, 2.75) is 56.9 Å². The monoisotopic (exact) mass is 487 g/mol. The number of rotatable bonds is 8. The number of methoxy groups -OCH3 is 1. The first-order valence-electron chi connectivity index (χ1n) is 11.7. The van der Waals surface area contributed by atoms with Crippen LogP contribution in [0.25, 0.3) is 0 Å². The Hall–Kier alpha value is -3.07. The number of ether oxygens (including phenoxy) is 1. The lowest BCUT2D eigenvalue weighted by Crippen LogP contribution is -2.33. The lowest BCUT2D eigenvalue weighted by molar-refractivity contribution is 0.0757. The maximum Gasteiger partial charge on any atom is 0.261 e. The summed E-state index contributed by atoms with van der Waals surface area (Å²) in [6.07, 6.45) is 4.73. The number of amides is 2. The van der Waals surface area contributed by atoms with Gasteiger partial charge in [0.15, 0.2) is 0 Å². The summed E-state index contributed by atoms with van der Waals surface area (Å²) in [5.41, 5.74) is 0.593. The van der Waals surface area contributed by atoms with Crippen LogP contribution in [0.5, 0.6) is 5.75 Å². The van der Waals surface area contributed by atoms with Gasteiger partial charge in [-0.1, -0.05) is 31.9 Å². The molecule has 1 aliphatic rings. The Kier molecular flexibility index (Phi) is 8.55. The fraction of sp³-hybridized carbons (Fsp3) is 0.440. The highest BCUT2D eigenvalue weighted by atomic mass is 32.2. The lowest BCUT2D eigenvalue weighted by atomic mass is 10.1. The minimum absolute atomic E-state index is 0.0497. The summed E-state index contributed by atoms with van der Waals surface area (Å²) in [7, 11) is -2.63. The Bertz CT molecular complexity index is 1130. The molecule has 0 saturated carbocycles. The van der Waals surface area contributed by atoms with Crippen molar-refractivity contribution in [1.29, 1.82) is 0 Å². The summed E-state index contributed by atoms with van der Waals surface area (Å²) in [6, 6.07) is 10.6. The van der Waals surface area contributed by atoms with Gasteiger partial charge < -0.3 is 15.0 Å². The molecule has 0 aliphatic carbocycles. The molecule has 9 heteroatoms. The van der Waals surface area contributed by atoms with Crippen LogP contribution >= 0.6 is 0 Å². The van der Waals surface area contributed by atoms with Crippen molar-refractivity contribution in [2.24, 2.45) is 0 Å². The number of para-hydroxylation sites is 1. The third-order valence-electron chi connectivity index (χ3n) is 6.01. The zero-order chi connectivity index (χ0) is 24.7. The number of benzene rings is 2. The van der Waals surface area contributed by atoms with E-state index in [4.69, 9.17) is 4.74 Å². The minimum Gasteiger partial charge on any atom is -0.496 e. The zero-order valence-electron chi connectivity index (χ0n) is 20.0. The Morgan fingerprint density at radius 2 is 1.71 bits per heavy atom. The molecule has 0 bridgehead atoms. The Balaban J connectivity index is 1.91. The van der Waals surface area contributed by atoms with E-state index < -0.39 is 10.0 Å². The van der Waals surface area contributed by atoms with Crippen molar-refractivity contribution in [3.63, 3.8) is 0 Å². The van der Waals surface area contributed by atoms with Crippen molar-refractivity contribution in [3.8, 4) is 5.75 Å². The quantitative estimate of drug-likeness (QED) is 0.585. The average Bonchev–Trinajstić information content (AvgIpc) is 3.12. The first kappa shape index (κ1) is 25.6. The Morgan fingerprint density at radius 3 is 2.35 bits per heavy atom. The van der Waals surface area contributed by atoms with E-state index >= 15 is 0 Å². The number of carbonyl (C=O) groups is 2. The molecule has 1 aliphatic heterocycles. The third-order valence-corrected chi connectivity index (χ3v) is 7.37. The van der Waals surface area contributed by atoms with Crippen molar-refractivity contribution >= 4 is 27.5 Å². The van der Waals surface area contributed by atoms with Crippen LogP contribution in [0, 0.1) is 0 Å². The van der Waals surface area contributed by atoms with Gasteiger partial charge in [-0.15, -0.1) is 0 Å². The number of sulfonamides is 1. The smallest absolute Gasteiger partial charge is 0.261 e. The number of likely N-dealkylation sites (tertiary alicyclic amines) is 1. The molecule has 184 valence electrons. The molecule has 2 N–H and O–H groups in total. The summed E-state index contributed by atoms with van der Waals surface area (Å²) < 4.78 is 34.4. The Morgan fingerprint density at radius 1 is 1.03 bits per heavy atom. The molecule has 2 amide bonds. The SMILES string of the molecule is CC[C@@H](C)NC(=O)c1ccccc1NS(=O)(=O)c1ccc(OC)c(C(=O)N2CCCCCC2)c1. The van der Waals surface area contributed by atoms with Gasteiger partial charge in [-0.05, 0) is 56.5 Å². The lowest BCUT2D eigenvalue weighted by Gasteiger charge is -2.22. The fourth-order valence-electron chi connectivity index (χ4n) is 3.84. The van der Waals surface area contributed by atoms with Crippen molar-refractivity contribution in [2.75, 3.05) is 24.9 Å². The van der Waals surface area contributed by atoms with E-state index in [1.54, 1.807) is 23.1 Å². The van der Waals surface area contributed by atoms with E-state index in [-0.39, 0.29) is 39.6 Å². The molecule has 8 nitrogen and oxygen atoms in total. The van der Waals surface area contributed by atoms with Crippen LogP contribution < -0.4 is 14.8 Å². The fourth-order valence-corrected chi connectivity index (χ4v) is 4.95. The highest BCUT2D eigenvalue weighted by molar-refractivity contribution is 7.92. The van der Waals surface area contributed by atoms with Gasteiger partial charge in [0.05, 0.1) is 28.8 Å². The zero-order valence-corrected chi connectivity index (χ0v) is 20.8. The molecular formula is C25H33N3O5S. The van der Waals surface area contributed by atoms with Gasteiger partial charge in [-0.25, -0.2) is 8.42 Å². The van der Waals surface area contributed by atoms with E-state index in [1.165, 1.54) is 31.4 Å². The van der Waals surface area contributed by atoms with E-state index in [0.717, 1.165) is 32.1 Å². The molecule has 2 aromatic rings. The first-order valence-corrected chi connectivity index (χ1v) is 13.1. The van der Waals surface area contributed by atoms with Gasteiger partial charge in [-0.3, -0.25) is 14.3 Å². The van der Waals surface area contributed by atoms with Crippen molar-refractivity contribution in [3.05, 3.63) is 53.6 Å². The van der Waals surface area contributed by atoms with E-state index in [9.17, 15) is 18.0 Å². The number of nitrogens with one attached hydrogen (secondary N) is 2. The highest BCUT2D eigenvalue weighted by Gasteiger charge is 2.25. The average molecular weight is 488 g/mol. The normalized spacial score (nSPS) is 15.2. The molecule has 3 rings (SSSR count). The van der Waals surface area contributed by atoms with Gasteiger partial charge in [0.25, 0.3) is 21.8 Å². The predicted octanol–water partition coefficient (Wildman–Crippen LogP) is 4.04. The van der Waals surface area contributed by atoms with E-state index in [1.807, 2.05) is 13.8 Å². The van der Waals surface area contributed by atoms with Gasteiger partial charge in [0.1, 0.15) is 5.75 Å². The number of anilines is 1. The maximum absolute atomic E-state index is 13.3. The highest BCUT2D eigenvalue weighted by Crippen LogP contribution is 2.27. The second-order valence-corrected chi connectivity index (χ2v) is 10.2. The van der Waals surface area contributed by atoms with Crippen LogP contribution in [0.3, 0.4) is 0 Å². The van der Waals surface area contributed by atoms with E-state index in [2.05, 4.69) is 10.0 Å². The number of hydrogen-bond donors (Lipinski definition) is 2. The van der Waals surface area contributed by atoms with Crippen molar-refractivity contribution < 1.29 is 22.7 Å². The Labute approximate surface area is 201 Å². The van der Waals surface area contributed by atoms with Crippen molar-refractivity contribution in [1.82, 2.24) is 10.2 Å². The van der Waals surface area contributed by atoms with Crippen LogP contribution in [-0.2, 0) is 10.0 Å². The molecule has 2 aromatic carbocycles. The number of hydrogen-bond acceptors (Lipinski definition) is 5. The van der Waals surface area contributed by atoms with Crippen LogP contribution in [0.4, 0.5) is 5.69 Å². The summed E-state index contributed by atoms with van der Waals surface area (Å²) in [6.45, 7) is 5.10. The van der Waals surface area contributed by atoms with Gasteiger partial charge in [0, 0.05) is 19.1 Å². The summed E-state index contributed by atoms with van der Waals surface area (Å²) in [5.74, 6) is -0.287. The van der Waals surface area contributed by atoms with Crippen LogP contribution in [0.1, 0.15) is 66.7 Å². The van der Waals surface area contributed by atoms with Gasteiger partial charge in [-0.2, -0.15) is 0 Å². The molecule has 0 aromatic heterocycles. The molecule has 1 heterocycles. The predicted molar refractivity (Wildman–Crippen MR) is 132 cm³/mol. The minimum atomic E-state index is -4.08. The molecule has 1 saturated heterocycles. The molecule has 0 radical (unpaired) electrons. The molecule has 1 atom stereocenters. The van der Waals surface area contributed by atoms with Crippen LogP contribution in [0.2, 0.25) is 0 Å². The van der Waals surface area contributed by atoms with Gasteiger partial charge >= 0.3 is 0 Å². The van der Waals surface area contributed by atoms with E-state index in [0.29, 0.717) is 18.8 Å². The largest absolute Gasteiger partial charge is 0.496 e. The van der Waals surface area contributed by atoms with Gasteiger partial charge in [0.2, 0.25) is 0 Å². The summed E-state index contributed by atoms with van der Waals surface area (Å²) in [5, 5.41) is 2.85. The summed E-state index contributed by atoms with van der Waals surface area (Å²) in [4.78, 5) is 27.6. The maximum atomic E-state index is 13.3.